The Hall–Kier alpha value is -2.37. The Balaban J connectivity index is 1.42. The van der Waals surface area contributed by atoms with Crippen molar-refractivity contribution in [1.29, 1.82) is 0 Å². The van der Waals surface area contributed by atoms with Crippen molar-refractivity contribution in [2.24, 2.45) is 5.92 Å². The summed E-state index contributed by atoms with van der Waals surface area (Å²) in [6.07, 6.45) is 8.04. The quantitative estimate of drug-likeness (QED) is 0.535. The molecule has 3 aliphatic rings. The van der Waals surface area contributed by atoms with Crippen LogP contribution in [0.2, 0.25) is 0 Å². The zero-order valence-corrected chi connectivity index (χ0v) is 21.0. The third-order valence-corrected chi connectivity index (χ3v) is 8.89. The van der Waals surface area contributed by atoms with Gasteiger partial charge in [0.2, 0.25) is 0 Å². The van der Waals surface area contributed by atoms with Crippen LogP contribution in [0.1, 0.15) is 56.1 Å². The molecule has 5 nitrogen and oxygen atoms in total. The lowest BCUT2D eigenvalue weighted by Gasteiger charge is -2.51. The molecular weight excluding hydrogens is 422 g/mol. The van der Waals surface area contributed by atoms with E-state index < -0.39 is 0 Å². The number of hydrogen-bond acceptors (Lipinski definition) is 3. The first-order valence-electron chi connectivity index (χ1n) is 12.9. The molecule has 1 heterocycles. The molecule has 1 spiro atoms. The van der Waals surface area contributed by atoms with Gasteiger partial charge in [0.1, 0.15) is 0 Å². The zero-order valence-electron chi connectivity index (χ0n) is 21.0. The van der Waals surface area contributed by atoms with Crippen molar-refractivity contribution < 1.29 is 9.53 Å². The third kappa shape index (κ3) is 4.03. The molecule has 0 N–H and O–H groups in total. The van der Waals surface area contributed by atoms with E-state index in [2.05, 4.69) is 78.5 Å². The van der Waals surface area contributed by atoms with Crippen LogP contribution < -0.4 is 4.90 Å². The Morgan fingerprint density at radius 1 is 0.971 bits per heavy atom. The van der Waals surface area contributed by atoms with E-state index in [9.17, 15) is 4.79 Å². The highest BCUT2D eigenvalue weighted by Crippen LogP contribution is 2.50. The molecule has 0 atom stereocenters. The summed E-state index contributed by atoms with van der Waals surface area (Å²) in [7, 11) is 6.14. The van der Waals surface area contributed by atoms with Crippen LogP contribution in [0.3, 0.4) is 0 Å². The number of methoxy groups -OCH3 is 1. The molecule has 2 saturated carbocycles. The molecule has 2 aliphatic carbocycles. The van der Waals surface area contributed by atoms with Crippen LogP contribution in [0, 0.1) is 5.92 Å². The number of benzene rings is 2. The largest absolute Gasteiger partial charge is 0.380 e. The van der Waals surface area contributed by atoms with Gasteiger partial charge in [-0.15, -0.1) is 0 Å². The topological polar surface area (TPSA) is 36.0 Å². The molecule has 1 saturated heterocycles. The molecule has 0 radical (unpaired) electrons. The second-order valence-electron chi connectivity index (χ2n) is 10.9. The maximum atomic E-state index is 13.8. The first-order chi connectivity index (χ1) is 16.5. The molecule has 2 amide bonds. The van der Waals surface area contributed by atoms with E-state index in [1.807, 2.05) is 4.90 Å². The molecule has 182 valence electrons. The third-order valence-electron chi connectivity index (χ3n) is 8.89. The van der Waals surface area contributed by atoms with Gasteiger partial charge in [0.15, 0.2) is 0 Å². The van der Waals surface area contributed by atoms with E-state index in [4.69, 9.17) is 4.74 Å². The Bertz CT molecular complexity index is 976. The number of hydrogen-bond donors (Lipinski definition) is 0. The van der Waals surface area contributed by atoms with Crippen molar-refractivity contribution in [1.82, 2.24) is 9.80 Å². The predicted octanol–water partition coefficient (Wildman–Crippen LogP) is 5.65. The summed E-state index contributed by atoms with van der Waals surface area (Å²) >= 11 is 0. The molecule has 0 unspecified atom stereocenters. The van der Waals surface area contributed by atoms with Crippen LogP contribution in [0.15, 0.2) is 54.6 Å². The normalized spacial score (nSPS) is 27.6. The van der Waals surface area contributed by atoms with Gasteiger partial charge in [-0.05, 0) is 81.8 Å². The summed E-state index contributed by atoms with van der Waals surface area (Å²) in [5.41, 5.74) is 3.50. The van der Waals surface area contributed by atoms with E-state index in [0.717, 1.165) is 50.0 Å². The number of anilines is 1. The van der Waals surface area contributed by atoms with Gasteiger partial charge in [-0.2, -0.15) is 0 Å². The van der Waals surface area contributed by atoms with Gasteiger partial charge in [-0.1, -0.05) is 48.9 Å². The molecule has 0 bridgehead atoms. The van der Waals surface area contributed by atoms with Crippen molar-refractivity contribution in [2.75, 3.05) is 39.2 Å². The Kier molecular flexibility index (Phi) is 6.43. The van der Waals surface area contributed by atoms with E-state index in [1.54, 1.807) is 7.11 Å². The average Bonchev–Trinajstić information content (AvgIpc) is 3.09. The lowest BCUT2D eigenvalue weighted by Crippen LogP contribution is -2.56. The summed E-state index contributed by atoms with van der Waals surface area (Å²) in [5.74, 6) is 0.666. The van der Waals surface area contributed by atoms with Crippen molar-refractivity contribution in [2.45, 2.75) is 62.6 Å². The summed E-state index contributed by atoms with van der Waals surface area (Å²) in [5, 5.41) is 0. The SMILES string of the molecule is COCc1ccc(N2CC3(CCC(c4ccccc4)(N(C)C)CC3)N(CC3CCC3)C2=O)cc1. The summed E-state index contributed by atoms with van der Waals surface area (Å²) in [4.78, 5) is 20.6. The lowest BCUT2D eigenvalue weighted by molar-refractivity contribution is 0.0172. The molecule has 5 rings (SSSR count). The number of urea groups is 1. The molecule has 1 aliphatic heterocycles. The van der Waals surface area contributed by atoms with Crippen molar-refractivity contribution >= 4 is 11.7 Å². The van der Waals surface area contributed by atoms with Crippen molar-refractivity contribution in [3.05, 3.63) is 65.7 Å². The summed E-state index contributed by atoms with van der Waals surface area (Å²) in [6.45, 7) is 2.30. The minimum absolute atomic E-state index is 0.0346. The Morgan fingerprint density at radius 3 is 2.21 bits per heavy atom. The second kappa shape index (κ2) is 9.35. The maximum absolute atomic E-state index is 13.8. The number of rotatable bonds is 7. The average molecular weight is 462 g/mol. The van der Waals surface area contributed by atoms with Crippen molar-refractivity contribution in [3.8, 4) is 0 Å². The van der Waals surface area contributed by atoms with Gasteiger partial charge in [-0.3, -0.25) is 9.80 Å². The molecule has 5 heteroatoms. The predicted molar refractivity (Wildman–Crippen MR) is 137 cm³/mol. The van der Waals surface area contributed by atoms with Gasteiger partial charge in [0.25, 0.3) is 0 Å². The maximum Gasteiger partial charge on any atom is 0.325 e. The minimum Gasteiger partial charge on any atom is -0.380 e. The lowest BCUT2D eigenvalue weighted by atomic mass is 9.68. The Labute approximate surface area is 204 Å². The van der Waals surface area contributed by atoms with Crippen LogP contribution in [-0.4, -0.2) is 55.7 Å². The summed E-state index contributed by atoms with van der Waals surface area (Å²) in [6, 6.07) is 19.5. The molecule has 0 aromatic heterocycles. The van der Waals surface area contributed by atoms with Crippen LogP contribution in [-0.2, 0) is 16.9 Å². The van der Waals surface area contributed by atoms with Crippen LogP contribution in [0.5, 0.6) is 0 Å². The fraction of sp³-hybridized carbons (Fsp3) is 0.552. The Morgan fingerprint density at radius 2 is 1.65 bits per heavy atom. The molecule has 3 fully saturated rings. The summed E-state index contributed by atoms with van der Waals surface area (Å²) < 4.78 is 5.27. The van der Waals surface area contributed by atoms with Gasteiger partial charge < -0.3 is 9.64 Å². The minimum atomic E-state index is -0.0772. The number of carbonyl (C=O) groups excluding carboxylic acids is 1. The van der Waals surface area contributed by atoms with Gasteiger partial charge in [-0.25, -0.2) is 4.79 Å². The highest BCUT2D eigenvalue weighted by molar-refractivity contribution is 5.95. The highest BCUT2D eigenvalue weighted by atomic mass is 16.5. The van der Waals surface area contributed by atoms with E-state index >= 15 is 0 Å². The monoisotopic (exact) mass is 461 g/mol. The molecular formula is C29H39N3O2. The number of carbonyl (C=O) groups is 1. The van der Waals surface area contributed by atoms with E-state index in [-0.39, 0.29) is 17.1 Å². The fourth-order valence-electron chi connectivity index (χ4n) is 6.44. The van der Waals surface area contributed by atoms with Gasteiger partial charge in [0, 0.05) is 24.9 Å². The van der Waals surface area contributed by atoms with Gasteiger partial charge in [0.05, 0.1) is 18.7 Å². The highest BCUT2D eigenvalue weighted by Gasteiger charge is 2.55. The fourth-order valence-corrected chi connectivity index (χ4v) is 6.44. The molecule has 2 aromatic carbocycles. The van der Waals surface area contributed by atoms with Crippen LogP contribution in [0.25, 0.3) is 0 Å². The van der Waals surface area contributed by atoms with Crippen LogP contribution in [0.4, 0.5) is 10.5 Å². The van der Waals surface area contributed by atoms with Crippen LogP contribution >= 0.6 is 0 Å². The number of ether oxygens (including phenoxy) is 1. The van der Waals surface area contributed by atoms with E-state index in [1.165, 1.54) is 24.8 Å². The van der Waals surface area contributed by atoms with E-state index in [0.29, 0.717) is 12.5 Å². The van der Waals surface area contributed by atoms with Crippen molar-refractivity contribution in [3.63, 3.8) is 0 Å². The molecule has 2 aromatic rings. The standard InChI is InChI=1S/C29H39N3O2/c1-30(2)29(25-10-5-4-6-11-25)18-16-28(17-19-29)22-31(26-14-12-24(13-15-26)21-34-3)27(33)32(28)20-23-8-7-9-23/h4-6,10-15,23H,7-9,16-22H2,1-3H3. The first-order valence-corrected chi connectivity index (χ1v) is 12.9. The molecule has 34 heavy (non-hydrogen) atoms. The second-order valence-corrected chi connectivity index (χ2v) is 10.9. The smallest absolute Gasteiger partial charge is 0.325 e. The van der Waals surface area contributed by atoms with Gasteiger partial charge >= 0.3 is 6.03 Å². The number of amides is 2. The zero-order chi connectivity index (χ0) is 23.8. The first kappa shape index (κ1) is 23.4. The number of nitrogens with zero attached hydrogens (tertiary/aromatic N) is 3.